The van der Waals surface area contributed by atoms with Gasteiger partial charge in [-0.1, -0.05) is 38.2 Å². The zero-order valence-corrected chi connectivity index (χ0v) is 11.0. The summed E-state index contributed by atoms with van der Waals surface area (Å²) in [6.07, 6.45) is 14.2. The standard InChI is InChI=1S/C15H27NO/c1-2-3-4-5-6-7-13-8-10-14(11-9-13)12-15(16)17/h2,13-14H,1,3-12H2,(H2,16,17). The molecule has 2 heteroatoms. The number of nitrogens with two attached hydrogens (primary N) is 1. The molecule has 98 valence electrons. The molecule has 0 aromatic heterocycles. The van der Waals surface area contributed by atoms with Crippen LogP contribution in [0.1, 0.15) is 64.2 Å². The van der Waals surface area contributed by atoms with Crippen molar-refractivity contribution in [1.29, 1.82) is 0 Å². The summed E-state index contributed by atoms with van der Waals surface area (Å²) in [6.45, 7) is 3.74. The van der Waals surface area contributed by atoms with E-state index in [9.17, 15) is 4.79 Å². The molecule has 0 atom stereocenters. The van der Waals surface area contributed by atoms with Crippen molar-refractivity contribution in [2.24, 2.45) is 17.6 Å². The fourth-order valence-corrected chi connectivity index (χ4v) is 2.91. The quantitative estimate of drug-likeness (QED) is 0.506. The van der Waals surface area contributed by atoms with Crippen LogP contribution < -0.4 is 5.73 Å². The molecule has 1 fully saturated rings. The smallest absolute Gasteiger partial charge is 0.217 e. The fourth-order valence-electron chi connectivity index (χ4n) is 2.91. The maximum atomic E-state index is 10.8. The Kier molecular flexibility index (Phi) is 6.99. The Hall–Kier alpha value is -0.790. The van der Waals surface area contributed by atoms with Crippen molar-refractivity contribution < 1.29 is 4.79 Å². The van der Waals surface area contributed by atoms with Gasteiger partial charge in [0.25, 0.3) is 0 Å². The van der Waals surface area contributed by atoms with Crippen LogP contribution in [0.2, 0.25) is 0 Å². The summed E-state index contributed by atoms with van der Waals surface area (Å²) >= 11 is 0. The van der Waals surface area contributed by atoms with Gasteiger partial charge in [-0.25, -0.2) is 0 Å². The largest absolute Gasteiger partial charge is 0.370 e. The predicted octanol–water partition coefficient (Wildman–Crippen LogP) is 3.80. The van der Waals surface area contributed by atoms with Crippen LogP contribution in [0.5, 0.6) is 0 Å². The first-order valence-corrected chi connectivity index (χ1v) is 7.11. The fraction of sp³-hybridized carbons (Fsp3) is 0.800. The number of hydrogen-bond donors (Lipinski definition) is 1. The Balaban J connectivity index is 2.02. The van der Waals surface area contributed by atoms with Crippen molar-refractivity contribution in [3.8, 4) is 0 Å². The van der Waals surface area contributed by atoms with Gasteiger partial charge in [-0.15, -0.1) is 6.58 Å². The molecule has 0 aliphatic heterocycles. The zero-order valence-electron chi connectivity index (χ0n) is 11.0. The Morgan fingerprint density at radius 1 is 1.12 bits per heavy atom. The first-order valence-electron chi connectivity index (χ1n) is 7.11. The average molecular weight is 237 g/mol. The van der Waals surface area contributed by atoms with Gasteiger partial charge in [-0.05, 0) is 37.5 Å². The molecule has 1 aliphatic carbocycles. The van der Waals surface area contributed by atoms with Gasteiger partial charge in [-0.3, -0.25) is 4.79 Å². The van der Waals surface area contributed by atoms with E-state index in [1.165, 1.54) is 51.4 Å². The third-order valence-corrected chi connectivity index (χ3v) is 3.98. The maximum absolute atomic E-state index is 10.8. The summed E-state index contributed by atoms with van der Waals surface area (Å²) in [4.78, 5) is 10.8. The lowest BCUT2D eigenvalue weighted by molar-refractivity contribution is -0.119. The summed E-state index contributed by atoms with van der Waals surface area (Å²) in [5.74, 6) is 1.35. The topological polar surface area (TPSA) is 43.1 Å². The number of unbranched alkanes of at least 4 members (excludes halogenated alkanes) is 3. The van der Waals surface area contributed by atoms with Crippen LogP contribution in [0.15, 0.2) is 12.7 Å². The van der Waals surface area contributed by atoms with Crippen molar-refractivity contribution >= 4 is 5.91 Å². The number of carbonyl (C=O) groups is 1. The molecule has 0 aromatic carbocycles. The van der Waals surface area contributed by atoms with Crippen molar-refractivity contribution in [2.75, 3.05) is 0 Å². The summed E-state index contributed by atoms with van der Waals surface area (Å²) in [7, 11) is 0. The molecule has 0 radical (unpaired) electrons. The molecule has 1 rings (SSSR count). The zero-order chi connectivity index (χ0) is 12.5. The monoisotopic (exact) mass is 237 g/mol. The molecule has 0 heterocycles. The van der Waals surface area contributed by atoms with E-state index in [2.05, 4.69) is 6.58 Å². The number of primary amides is 1. The average Bonchev–Trinajstić information content (AvgIpc) is 2.30. The van der Waals surface area contributed by atoms with Gasteiger partial charge in [0.05, 0.1) is 0 Å². The van der Waals surface area contributed by atoms with Gasteiger partial charge in [-0.2, -0.15) is 0 Å². The van der Waals surface area contributed by atoms with E-state index in [1.807, 2.05) is 6.08 Å². The maximum Gasteiger partial charge on any atom is 0.217 e. The molecule has 1 amide bonds. The van der Waals surface area contributed by atoms with Gasteiger partial charge in [0, 0.05) is 6.42 Å². The van der Waals surface area contributed by atoms with E-state index < -0.39 is 0 Å². The van der Waals surface area contributed by atoms with E-state index in [4.69, 9.17) is 5.73 Å². The number of rotatable bonds is 8. The van der Waals surface area contributed by atoms with Crippen LogP contribution in [0.25, 0.3) is 0 Å². The van der Waals surface area contributed by atoms with Crippen LogP contribution in [0.4, 0.5) is 0 Å². The first kappa shape index (κ1) is 14.3. The van der Waals surface area contributed by atoms with Crippen LogP contribution in [-0.2, 0) is 4.79 Å². The van der Waals surface area contributed by atoms with E-state index in [0.717, 1.165) is 12.3 Å². The number of hydrogen-bond acceptors (Lipinski definition) is 1. The van der Waals surface area contributed by atoms with Crippen molar-refractivity contribution in [3.05, 3.63) is 12.7 Å². The lowest BCUT2D eigenvalue weighted by atomic mass is 9.78. The molecule has 0 aromatic rings. The van der Waals surface area contributed by atoms with Gasteiger partial charge >= 0.3 is 0 Å². The minimum absolute atomic E-state index is 0.127. The van der Waals surface area contributed by atoms with Crippen molar-refractivity contribution in [3.63, 3.8) is 0 Å². The summed E-state index contributed by atoms with van der Waals surface area (Å²) in [5, 5.41) is 0. The highest BCUT2D eigenvalue weighted by atomic mass is 16.1. The molecular formula is C15H27NO. The summed E-state index contributed by atoms with van der Waals surface area (Å²) < 4.78 is 0. The SMILES string of the molecule is C=CCCCCCC1CCC(CC(N)=O)CC1. The van der Waals surface area contributed by atoms with Crippen LogP contribution >= 0.6 is 0 Å². The molecular weight excluding hydrogens is 210 g/mol. The molecule has 0 spiro atoms. The molecule has 0 bridgehead atoms. The van der Waals surface area contributed by atoms with E-state index in [-0.39, 0.29) is 5.91 Å². The highest BCUT2D eigenvalue weighted by Gasteiger charge is 2.21. The second-order valence-electron chi connectivity index (χ2n) is 5.48. The molecule has 0 unspecified atom stereocenters. The predicted molar refractivity (Wildman–Crippen MR) is 72.5 cm³/mol. The minimum atomic E-state index is -0.127. The lowest BCUT2D eigenvalue weighted by Gasteiger charge is -2.27. The first-order chi connectivity index (χ1) is 8.22. The lowest BCUT2D eigenvalue weighted by Crippen LogP contribution is -2.21. The highest BCUT2D eigenvalue weighted by Crippen LogP contribution is 2.33. The summed E-state index contributed by atoms with van der Waals surface area (Å²) in [5.41, 5.74) is 5.24. The van der Waals surface area contributed by atoms with Crippen molar-refractivity contribution in [2.45, 2.75) is 64.2 Å². The minimum Gasteiger partial charge on any atom is -0.370 e. The van der Waals surface area contributed by atoms with E-state index in [0.29, 0.717) is 12.3 Å². The Morgan fingerprint density at radius 3 is 2.35 bits per heavy atom. The third kappa shape index (κ3) is 6.50. The molecule has 2 N–H and O–H groups in total. The van der Waals surface area contributed by atoms with Gasteiger partial charge in [0.1, 0.15) is 0 Å². The second kappa shape index (κ2) is 8.32. The Bertz CT molecular complexity index is 229. The second-order valence-corrected chi connectivity index (χ2v) is 5.48. The van der Waals surface area contributed by atoms with Crippen LogP contribution in [0.3, 0.4) is 0 Å². The number of amides is 1. The van der Waals surface area contributed by atoms with Crippen LogP contribution in [0, 0.1) is 11.8 Å². The molecule has 1 aliphatic rings. The normalized spacial score (nSPS) is 24.5. The van der Waals surface area contributed by atoms with Gasteiger partial charge in [0.15, 0.2) is 0 Å². The van der Waals surface area contributed by atoms with Crippen LogP contribution in [-0.4, -0.2) is 5.91 Å². The van der Waals surface area contributed by atoms with E-state index >= 15 is 0 Å². The van der Waals surface area contributed by atoms with Crippen molar-refractivity contribution in [1.82, 2.24) is 0 Å². The Labute approximate surface area is 106 Å². The highest BCUT2D eigenvalue weighted by molar-refractivity contribution is 5.73. The molecule has 1 saturated carbocycles. The van der Waals surface area contributed by atoms with Gasteiger partial charge < -0.3 is 5.73 Å². The summed E-state index contributed by atoms with van der Waals surface area (Å²) in [6, 6.07) is 0. The van der Waals surface area contributed by atoms with Gasteiger partial charge in [0.2, 0.25) is 5.91 Å². The Morgan fingerprint density at radius 2 is 1.76 bits per heavy atom. The molecule has 0 saturated heterocycles. The molecule has 17 heavy (non-hydrogen) atoms. The third-order valence-electron chi connectivity index (χ3n) is 3.98. The molecule has 2 nitrogen and oxygen atoms in total. The number of carbonyl (C=O) groups excluding carboxylic acids is 1. The number of allylic oxidation sites excluding steroid dienone is 1. The van der Waals surface area contributed by atoms with E-state index in [1.54, 1.807) is 0 Å².